The van der Waals surface area contributed by atoms with E-state index in [1.54, 1.807) is 18.2 Å². The normalized spacial score (nSPS) is 13.5. The molecule has 1 unspecified atom stereocenters. The van der Waals surface area contributed by atoms with Crippen molar-refractivity contribution in [2.45, 2.75) is 47.1 Å². The number of allylic oxidation sites excluding steroid dienone is 4. The molecule has 1 N–H and O–H groups in total. The van der Waals surface area contributed by atoms with Gasteiger partial charge in [0.15, 0.2) is 0 Å². The first-order valence-electron chi connectivity index (χ1n) is 10.2. The lowest BCUT2D eigenvalue weighted by molar-refractivity contribution is 0.631. The summed E-state index contributed by atoms with van der Waals surface area (Å²) in [5, 5.41) is 3.56. The van der Waals surface area contributed by atoms with Crippen LogP contribution in [0.15, 0.2) is 88.1 Å². The summed E-state index contributed by atoms with van der Waals surface area (Å²) in [6.45, 7) is 13.5. The third-order valence-corrected chi connectivity index (χ3v) is 5.77. The van der Waals surface area contributed by atoms with Crippen molar-refractivity contribution in [1.82, 2.24) is 5.32 Å². The van der Waals surface area contributed by atoms with Crippen LogP contribution in [0.4, 0.5) is 4.39 Å². The fourth-order valence-electron chi connectivity index (χ4n) is 2.70. The zero-order valence-corrected chi connectivity index (χ0v) is 22.0. The van der Waals surface area contributed by atoms with Crippen molar-refractivity contribution >= 4 is 36.5 Å². The summed E-state index contributed by atoms with van der Waals surface area (Å²) < 4.78 is 15.5. The van der Waals surface area contributed by atoms with Crippen LogP contribution in [-0.4, -0.2) is 4.62 Å². The molecule has 0 fully saturated rings. The number of hydrogen-bond donors (Lipinski definition) is 1. The van der Waals surface area contributed by atoms with E-state index in [4.69, 9.17) is 0 Å². The minimum Gasteiger partial charge on any atom is -0.376 e. The Morgan fingerprint density at radius 3 is 2.23 bits per heavy atom. The monoisotopic (exact) mass is 548 g/mol. The number of halogens is 3. The Morgan fingerprint density at radius 1 is 1.13 bits per heavy atom. The van der Waals surface area contributed by atoms with E-state index in [-0.39, 0.29) is 11.9 Å². The number of rotatable bonds is 7. The van der Waals surface area contributed by atoms with Gasteiger partial charge in [0.2, 0.25) is 0 Å². The Labute approximate surface area is 203 Å². The molecule has 0 saturated heterocycles. The fourth-order valence-corrected chi connectivity index (χ4v) is 3.76. The van der Waals surface area contributed by atoms with Crippen LogP contribution < -0.4 is 5.32 Å². The highest BCUT2D eigenvalue weighted by Gasteiger charge is 2.13. The number of benzene rings is 2. The van der Waals surface area contributed by atoms with Gasteiger partial charge in [-0.05, 0) is 88.7 Å². The molecule has 0 radical (unpaired) electrons. The molecule has 0 aliphatic heterocycles. The molecule has 166 valence electrons. The van der Waals surface area contributed by atoms with Crippen LogP contribution in [0.2, 0.25) is 0 Å². The maximum absolute atomic E-state index is 14.0. The minimum atomic E-state index is -0.208. The van der Waals surface area contributed by atoms with Gasteiger partial charge < -0.3 is 5.32 Å². The molecule has 0 spiro atoms. The first kappa shape index (κ1) is 27.1. The van der Waals surface area contributed by atoms with Crippen LogP contribution in [0.3, 0.4) is 0 Å². The van der Waals surface area contributed by atoms with Gasteiger partial charge in [-0.3, -0.25) is 0 Å². The smallest absolute Gasteiger partial charge is 0.131 e. The molecule has 5 heteroatoms. The van der Waals surface area contributed by atoms with Crippen LogP contribution in [0.25, 0.3) is 11.1 Å². The van der Waals surface area contributed by atoms with Crippen LogP contribution >= 0.6 is 31.9 Å². The fraction of sp³-hybridized carbons (Fsp3) is 0.269. The Bertz CT molecular complexity index is 944. The Kier molecular flexibility index (Phi) is 12.4. The zero-order valence-electron chi connectivity index (χ0n) is 18.8. The molecule has 2 aromatic rings. The second-order valence-electron chi connectivity index (χ2n) is 6.90. The molecule has 31 heavy (non-hydrogen) atoms. The minimum absolute atomic E-state index is 0.0679. The lowest BCUT2D eigenvalue weighted by atomic mass is 10.0. The topological polar surface area (TPSA) is 24.4 Å². The maximum atomic E-state index is 14.0. The molecule has 0 saturated carbocycles. The van der Waals surface area contributed by atoms with Gasteiger partial charge in [-0.1, -0.05) is 61.5 Å². The van der Waals surface area contributed by atoms with E-state index in [2.05, 4.69) is 69.5 Å². The van der Waals surface area contributed by atoms with Crippen LogP contribution in [0, 0.1) is 5.82 Å². The molecular weight excluding hydrogens is 519 g/mol. The molecular formula is C26H31Br2FN2. The van der Waals surface area contributed by atoms with Crippen molar-refractivity contribution in [3.63, 3.8) is 0 Å². The number of nitrogens with one attached hydrogen (secondary N) is 1. The van der Waals surface area contributed by atoms with E-state index in [1.165, 1.54) is 11.6 Å². The van der Waals surface area contributed by atoms with Gasteiger partial charge >= 0.3 is 0 Å². The van der Waals surface area contributed by atoms with Crippen molar-refractivity contribution in [1.29, 1.82) is 0 Å². The highest BCUT2D eigenvalue weighted by molar-refractivity contribution is 9.18. The maximum Gasteiger partial charge on any atom is 0.131 e. The molecule has 2 rings (SSSR count). The third-order valence-electron chi connectivity index (χ3n) is 4.56. The van der Waals surface area contributed by atoms with Gasteiger partial charge in [0.25, 0.3) is 0 Å². The van der Waals surface area contributed by atoms with Crippen molar-refractivity contribution in [3.8, 4) is 11.1 Å². The average molecular weight is 550 g/mol. The van der Waals surface area contributed by atoms with Gasteiger partial charge in [0, 0.05) is 11.6 Å². The summed E-state index contributed by atoms with van der Waals surface area (Å²) >= 11 is 7.02. The Morgan fingerprint density at radius 2 is 1.71 bits per heavy atom. The summed E-state index contributed by atoms with van der Waals surface area (Å²) in [6, 6.07) is 14.9. The first-order chi connectivity index (χ1) is 14.8. The molecule has 0 amide bonds. The van der Waals surface area contributed by atoms with Crippen LogP contribution in [0.5, 0.6) is 0 Å². The van der Waals surface area contributed by atoms with Crippen LogP contribution in [-0.2, 0) is 0 Å². The Balaban J connectivity index is 0.00000151. The van der Waals surface area contributed by atoms with Crippen molar-refractivity contribution in [2.24, 2.45) is 4.99 Å². The molecule has 0 bridgehead atoms. The Hall–Kier alpha value is -1.98. The summed E-state index contributed by atoms with van der Waals surface area (Å²) in [6.07, 6.45) is 4.56. The quantitative estimate of drug-likeness (QED) is 0.208. The predicted octanol–water partition coefficient (Wildman–Crippen LogP) is 9.07. The zero-order chi connectivity index (χ0) is 23.4. The van der Waals surface area contributed by atoms with E-state index >= 15 is 0 Å². The number of nitrogens with zero attached hydrogens (tertiary/aromatic N) is 1. The standard InChI is InChI=1S/C23H25Br2FN2.C3H6/c1-5-15(3)22(23(25)28-21(24)6-2)27-16(4)17-11-13-18(14-12-17)19-9-7-8-10-20(19)26;1-3-2/h6-14,16,27H,5H2,1-4H3;3H,1H2,2H3/b21-6-,22-15?,28-23+;. The highest BCUT2D eigenvalue weighted by atomic mass is 79.9. The largest absolute Gasteiger partial charge is 0.376 e. The van der Waals surface area contributed by atoms with E-state index in [9.17, 15) is 4.39 Å². The first-order valence-corrected chi connectivity index (χ1v) is 11.8. The second-order valence-corrected chi connectivity index (χ2v) is 8.46. The predicted molar refractivity (Wildman–Crippen MR) is 141 cm³/mol. The molecule has 0 aliphatic rings. The van der Waals surface area contributed by atoms with Gasteiger partial charge in [-0.25, -0.2) is 9.38 Å². The van der Waals surface area contributed by atoms with Crippen molar-refractivity contribution in [2.75, 3.05) is 0 Å². The summed E-state index contributed by atoms with van der Waals surface area (Å²) in [7, 11) is 0. The van der Waals surface area contributed by atoms with E-state index in [0.717, 1.165) is 32.5 Å². The molecule has 2 aromatic carbocycles. The van der Waals surface area contributed by atoms with Crippen molar-refractivity contribution in [3.05, 3.63) is 94.5 Å². The molecule has 0 aliphatic carbocycles. The summed E-state index contributed by atoms with van der Waals surface area (Å²) in [4.78, 5) is 4.52. The molecule has 0 heterocycles. The average Bonchev–Trinajstić information content (AvgIpc) is 2.77. The van der Waals surface area contributed by atoms with Crippen LogP contribution in [0.1, 0.15) is 52.6 Å². The molecule has 2 nitrogen and oxygen atoms in total. The van der Waals surface area contributed by atoms with E-state index in [1.807, 2.05) is 50.3 Å². The van der Waals surface area contributed by atoms with E-state index < -0.39 is 0 Å². The summed E-state index contributed by atoms with van der Waals surface area (Å²) in [5.41, 5.74) is 4.79. The van der Waals surface area contributed by atoms with Crippen molar-refractivity contribution < 1.29 is 4.39 Å². The second kappa shape index (κ2) is 14.2. The van der Waals surface area contributed by atoms with Gasteiger partial charge in [-0.2, -0.15) is 0 Å². The van der Waals surface area contributed by atoms with E-state index in [0.29, 0.717) is 5.56 Å². The lowest BCUT2D eigenvalue weighted by Crippen LogP contribution is -2.23. The molecule has 0 aromatic heterocycles. The lowest BCUT2D eigenvalue weighted by Gasteiger charge is -2.20. The summed E-state index contributed by atoms with van der Waals surface area (Å²) in [5.74, 6) is -0.208. The van der Waals surface area contributed by atoms with Gasteiger partial charge in [0.05, 0.1) is 5.70 Å². The SMILES string of the molecule is C/C=C(Br)\N=C(\Br)C(NC(C)c1ccc(-c2ccccc2F)cc1)=C(C)CC.C=CC. The van der Waals surface area contributed by atoms with Gasteiger partial charge in [-0.15, -0.1) is 6.58 Å². The number of aliphatic imine (C=N–C) groups is 1. The highest BCUT2D eigenvalue weighted by Crippen LogP contribution is 2.26. The molecule has 1 atom stereocenters. The third kappa shape index (κ3) is 8.58. The number of hydrogen-bond acceptors (Lipinski definition) is 2. The van der Waals surface area contributed by atoms with Gasteiger partial charge in [0.1, 0.15) is 15.0 Å².